The quantitative estimate of drug-likeness (QED) is 0.720. The Morgan fingerprint density at radius 2 is 2.14 bits per heavy atom. The summed E-state index contributed by atoms with van der Waals surface area (Å²) in [5, 5.41) is 3.31. The lowest BCUT2D eigenvalue weighted by Gasteiger charge is -2.28. The number of halogens is 1. The van der Waals surface area contributed by atoms with Gasteiger partial charge in [-0.1, -0.05) is 20.8 Å². The standard InChI is InChI=1S/C11H18ClNS/c1-8-7-14-10(13-8)5-9(6-12)11(2,3)4/h7,9H,5-6H2,1-4H3. The molecule has 1 atom stereocenters. The Kier molecular flexibility index (Phi) is 3.96. The first-order valence-corrected chi connectivity index (χ1v) is 6.32. The molecule has 1 aromatic heterocycles. The van der Waals surface area contributed by atoms with Gasteiger partial charge in [-0.25, -0.2) is 4.98 Å². The average Bonchev–Trinajstić information content (AvgIpc) is 2.45. The molecule has 0 N–H and O–H groups in total. The van der Waals surface area contributed by atoms with Gasteiger partial charge in [0.25, 0.3) is 0 Å². The highest BCUT2D eigenvalue weighted by Crippen LogP contribution is 2.30. The van der Waals surface area contributed by atoms with Crippen LogP contribution >= 0.6 is 22.9 Å². The number of nitrogens with zero attached hydrogens (tertiary/aromatic N) is 1. The zero-order valence-corrected chi connectivity index (χ0v) is 10.9. The first-order valence-electron chi connectivity index (χ1n) is 4.90. The predicted octanol–water partition coefficient (Wildman–Crippen LogP) is 3.90. The smallest absolute Gasteiger partial charge is 0.0931 e. The van der Waals surface area contributed by atoms with Crippen molar-refractivity contribution in [1.29, 1.82) is 0 Å². The Hall–Kier alpha value is -0.0800. The van der Waals surface area contributed by atoms with Crippen molar-refractivity contribution in [2.75, 3.05) is 5.88 Å². The number of aromatic nitrogens is 1. The van der Waals surface area contributed by atoms with Crippen LogP contribution in [0.4, 0.5) is 0 Å². The van der Waals surface area contributed by atoms with Gasteiger partial charge in [-0.3, -0.25) is 0 Å². The first-order chi connectivity index (χ1) is 6.43. The Balaban J connectivity index is 2.66. The molecule has 0 amide bonds. The highest BCUT2D eigenvalue weighted by molar-refractivity contribution is 7.09. The molecule has 1 unspecified atom stereocenters. The Labute approximate surface area is 95.5 Å². The van der Waals surface area contributed by atoms with Gasteiger partial charge >= 0.3 is 0 Å². The summed E-state index contributed by atoms with van der Waals surface area (Å²) in [5.41, 5.74) is 1.38. The van der Waals surface area contributed by atoms with Gasteiger partial charge in [0, 0.05) is 23.4 Å². The number of aryl methyl sites for hydroxylation is 1. The lowest BCUT2D eigenvalue weighted by molar-refractivity contribution is 0.263. The van der Waals surface area contributed by atoms with Crippen LogP contribution in [0, 0.1) is 18.3 Å². The fraction of sp³-hybridized carbons (Fsp3) is 0.727. The largest absolute Gasteiger partial charge is 0.247 e. The monoisotopic (exact) mass is 231 g/mol. The first kappa shape index (κ1) is 12.0. The van der Waals surface area contributed by atoms with E-state index in [1.807, 2.05) is 6.92 Å². The topological polar surface area (TPSA) is 12.9 Å². The Bertz CT molecular complexity index is 288. The zero-order valence-electron chi connectivity index (χ0n) is 9.30. The molecule has 3 heteroatoms. The van der Waals surface area contributed by atoms with Crippen molar-refractivity contribution in [3.05, 3.63) is 16.1 Å². The van der Waals surface area contributed by atoms with Crippen LogP contribution < -0.4 is 0 Å². The third kappa shape index (κ3) is 3.25. The molecule has 0 aliphatic rings. The summed E-state index contributed by atoms with van der Waals surface area (Å²) >= 11 is 7.73. The highest BCUT2D eigenvalue weighted by Gasteiger charge is 2.24. The van der Waals surface area contributed by atoms with Crippen molar-refractivity contribution in [3.8, 4) is 0 Å². The fourth-order valence-corrected chi connectivity index (χ4v) is 2.72. The molecule has 14 heavy (non-hydrogen) atoms. The molecule has 1 nitrogen and oxygen atoms in total. The van der Waals surface area contributed by atoms with E-state index < -0.39 is 0 Å². The number of alkyl halides is 1. The lowest BCUT2D eigenvalue weighted by Crippen LogP contribution is -2.24. The van der Waals surface area contributed by atoms with Crippen molar-refractivity contribution < 1.29 is 0 Å². The molecule has 0 saturated heterocycles. The molecule has 1 rings (SSSR count). The van der Waals surface area contributed by atoms with Crippen molar-refractivity contribution in [2.45, 2.75) is 34.1 Å². The summed E-state index contributed by atoms with van der Waals surface area (Å²) < 4.78 is 0. The Morgan fingerprint density at radius 3 is 2.50 bits per heavy atom. The number of hydrogen-bond acceptors (Lipinski definition) is 2. The molecule has 0 aliphatic heterocycles. The third-order valence-corrected chi connectivity index (χ3v) is 3.86. The van der Waals surface area contributed by atoms with E-state index in [4.69, 9.17) is 11.6 Å². The SMILES string of the molecule is Cc1csc(CC(CCl)C(C)(C)C)n1. The second-order valence-electron chi connectivity index (χ2n) is 4.80. The average molecular weight is 232 g/mol. The van der Waals surface area contributed by atoms with E-state index in [9.17, 15) is 0 Å². The summed E-state index contributed by atoms with van der Waals surface area (Å²) in [5.74, 6) is 1.22. The second-order valence-corrected chi connectivity index (χ2v) is 6.06. The lowest BCUT2D eigenvalue weighted by atomic mass is 9.80. The van der Waals surface area contributed by atoms with Crippen LogP contribution in [0.1, 0.15) is 31.5 Å². The zero-order chi connectivity index (χ0) is 10.8. The van der Waals surface area contributed by atoms with Gasteiger partial charge in [-0.05, 0) is 18.3 Å². The van der Waals surface area contributed by atoms with E-state index in [0.717, 1.165) is 12.1 Å². The van der Waals surface area contributed by atoms with Crippen LogP contribution in [-0.4, -0.2) is 10.9 Å². The molecular formula is C11H18ClNS. The van der Waals surface area contributed by atoms with E-state index >= 15 is 0 Å². The maximum Gasteiger partial charge on any atom is 0.0931 e. The molecule has 0 bridgehead atoms. The van der Waals surface area contributed by atoms with Crippen LogP contribution in [0.3, 0.4) is 0 Å². The van der Waals surface area contributed by atoms with Crippen molar-refractivity contribution in [3.63, 3.8) is 0 Å². The van der Waals surface area contributed by atoms with Crippen LogP contribution in [-0.2, 0) is 6.42 Å². The minimum Gasteiger partial charge on any atom is -0.247 e. The minimum atomic E-state index is 0.265. The van der Waals surface area contributed by atoms with E-state index in [2.05, 4.69) is 31.1 Å². The van der Waals surface area contributed by atoms with E-state index in [1.54, 1.807) is 11.3 Å². The summed E-state index contributed by atoms with van der Waals surface area (Å²) in [7, 11) is 0. The van der Waals surface area contributed by atoms with Gasteiger partial charge in [0.15, 0.2) is 0 Å². The molecule has 0 aromatic carbocycles. The van der Waals surface area contributed by atoms with Gasteiger partial charge in [-0.2, -0.15) is 0 Å². The van der Waals surface area contributed by atoms with Crippen molar-refractivity contribution in [2.24, 2.45) is 11.3 Å². The normalized spacial score (nSPS) is 14.4. The number of hydrogen-bond donors (Lipinski definition) is 0. The van der Waals surface area contributed by atoms with Gasteiger partial charge < -0.3 is 0 Å². The molecule has 1 heterocycles. The molecule has 0 spiro atoms. The fourth-order valence-electron chi connectivity index (χ4n) is 1.30. The third-order valence-electron chi connectivity index (χ3n) is 2.50. The van der Waals surface area contributed by atoms with Crippen LogP contribution in [0.25, 0.3) is 0 Å². The maximum atomic E-state index is 5.99. The minimum absolute atomic E-state index is 0.265. The van der Waals surface area contributed by atoms with Gasteiger partial charge in [0.2, 0.25) is 0 Å². The summed E-state index contributed by atoms with van der Waals surface area (Å²) in [6, 6.07) is 0. The number of thiazole rings is 1. The summed E-state index contributed by atoms with van der Waals surface area (Å²) in [6.07, 6.45) is 1.01. The van der Waals surface area contributed by atoms with E-state index in [1.165, 1.54) is 5.01 Å². The van der Waals surface area contributed by atoms with Crippen molar-refractivity contribution in [1.82, 2.24) is 4.98 Å². The predicted molar refractivity (Wildman–Crippen MR) is 64.2 cm³/mol. The summed E-state index contributed by atoms with van der Waals surface area (Å²) in [4.78, 5) is 4.47. The Morgan fingerprint density at radius 1 is 1.50 bits per heavy atom. The van der Waals surface area contributed by atoms with Gasteiger partial charge in [0.1, 0.15) is 0 Å². The number of rotatable bonds is 3. The van der Waals surface area contributed by atoms with Crippen LogP contribution in [0.2, 0.25) is 0 Å². The van der Waals surface area contributed by atoms with Crippen molar-refractivity contribution >= 4 is 22.9 Å². The maximum absolute atomic E-state index is 5.99. The molecule has 0 radical (unpaired) electrons. The van der Waals surface area contributed by atoms with Gasteiger partial charge in [0.05, 0.1) is 5.01 Å². The highest BCUT2D eigenvalue weighted by atomic mass is 35.5. The molecule has 80 valence electrons. The molecule has 1 aromatic rings. The molecular weight excluding hydrogens is 214 g/mol. The van der Waals surface area contributed by atoms with E-state index in [-0.39, 0.29) is 5.41 Å². The molecule has 0 aliphatic carbocycles. The molecule has 0 fully saturated rings. The molecule has 0 saturated carbocycles. The summed E-state index contributed by atoms with van der Waals surface area (Å²) in [6.45, 7) is 8.74. The van der Waals surface area contributed by atoms with E-state index in [0.29, 0.717) is 11.8 Å². The second kappa shape index (κ2) is 4.63. The van der Waals surface area contributed by atoms with Gasteiger partial charge in [-0.15, -0.1) is 22.9 Å². The van der Waals surface area contributed by atoms with Crippen LogP contribution in [0.5, 0.6) is 0 Å². The van der Waals surface area contributed by atoms with Crippen LogP contribution in [0.15, 0.2) is 5.38 Å².